The Bertz CT molecular complexity index is 278. The quantitative estimate of drug-likeness (QED) is 0.569. The second-order valence-corrected chi connectivity index (χ2v) is 6.55. The molecule has 0 unspecified atom stereocenters. The lowest BCUT2D eigenvalue weighted by Gasteiger charge is -2.29. The Hall–Kier alpha value is 0.597. The third-order valence-electron chi connectivity index (χ3n) is 1.53. The molecular weight excluding hydrogens is 266 g/mol. The fourth-order valence-corrected chi connectivity index (χ4v) is 1.44. The Kier molecular flexibility index (Phi) is 3.58. The highest BCUT2D eigenvalue weighted by Gasteiger charge is 2.44. The highest BCUT2D eigenvalue weighted by atomic mass is 35.5. The summed E-state index contributed by atoms with van der Waals surface area (Å²) in [5, 5.41) is 0. The SMILES string of the molecule is [Si]C(Cl)(Cl)C(Cl)(Cl)c1ccccc1. The van der Waals surface area contributed by atoms with Gasteiger partial charge in [0.05, 0.1) is 10.2 Å². The number of alkyl halides is 4. The molecule has 0 saturated carbocycles. The molecule has 5 heteroatoms. The molecule has 0 atom stereocenters. The van der Waals surface area contributed by atoms with Crippen molar-refractivity contribution < 1.29 is 0 Å². The zero-order valence-electron chi connectivity index (χ0n) is 6.40. The van der Waals surface area contributed by atoms with Crippen molar-refractivity contribution in [2.45, 2.75) is 8.29 Å². The van der Waals surface area contributed by atoms with E-state index < -0.39 is 8.29 Å². The van der Waals surface area contributed by atoms with E-state index in [0.717, 1.165) is 0 Å². The van der Waals surface area contributed by atoms with Gasteiger partial charge in [-0.3, -0.25) is 0 Å². The summed E-state index contributed by atoms with van der Waals surface area (Å²) in [5.74, 6) is 0. The van der Waals surface area contributed by atoms with Crippen LogP contribution in [0.5, 0.6) is 0 Å². The molecule has 3 radical (unpaired) electrons. The van der Waals surface area contributed by atoms with Crippen LogP contribution in [0.4, 0.5) is 0 Å². The van der Waals surface area contributed by atoms with Gasteiger partial charge in [-0.05, 0) is 5.56 Å². The van der Waals surface area contributed by atoms with E-state index >= 15 is 0 Å². The van der Waals surface area contributed by atoms with Gasteiger partial charge in [0.1, 0.15) is 3.96 Å². The van der Waals surface area contributed by atoms with E-state index in [1.165, 1.54) is 0 Å². The van der Waals surface area contributed by atoms with Crippen LogP contribution in [-0.4, -0.2) is 14.2 Å². The lowest BCUT2D eigenvalue weighted by atomic mass is 10.1. The number of benzene rings is 1. The first-order chi connectivity index (χ1) is 5.86. The van der Waals surface area contributed by atoms with Crippen LogP contribution >= 0.6 is 46.4 Å². The minimum absolute atomic E-state index is 0.637. The molecule has 1 aromatic rings. The Morgan fingerprint density at radius 2 is 1.38 bits per heavy atom. The number of hydrogen-bond acceptors (Lipinski definition) is 0. The van der Waals surface area contributed by atoms with Crippen molar-refractivity contribution in [1.82, 2.24) is 0 Å². The molecule has 0 aliphatic rings. The van der Waals surface area contributed by atoms with Crippen molar-refractivity contribution in [1.29, 1.82) is 0 Å². The van der Waals surface area contributed by atoms with E-state index in [1.54, 1.807) is 24.3 Å². The van der Waals surface area contributed by atoms with Gasteiger partial charge >= 0.3 is 0 Å². The largest absolute Gasteiger partial charge is 0.171 e. The van der Waals surface area contributed by atoms with Gasteiger partial charge in [-0.1, -0.05) is 53.5 Å². The summed E-state index contributed by atoms with van der Waals surface area (Å²) in [6.45, 7) is 0. The number of hydrogen-bond donors (Lipinski definition) is 0. The molecular formula is C8H5Cl4Si. The maximum Gasteiger partial charge on any atom is 0.171 e. The van der Waals surface area contributed by atoms with Crippen LogP contribution in [0.25, 0.3) is 0 Å². The van der Waals surface area contributed by atoms with Crippen molar-refractivity contribution in [2.75, 3.05) is 0 Å². The molecule has 0 fully saturated rings. The Morgan fingerprint density at radius 1 is 0.923 bits per heavy atom. The lowest BCUT2D eigenvalue weighted by Crippen LogP contribution is -2.34. The van der Waals surface area contributed by atoms with Crippen molar-refractivity contribution in [3.05, 3.63) is 35.9 Å². The first-order valence-corrected chi connectivity index (χ1v) is 5.43. The molecule has 0 aromatic heterocycles. The van der Waals surface area contributed by atoms with Gasteiger partial charge in [0, 0.05) is 0 Å². The van der Waals surface area contributed by atoms with Crippen molar-refractivity contribution in [2.24, 2.45) is 0 Å². The minimum atomic E-state index is -1.42. The first kappa shape index (κ1) is 11.7. The highest BCUT2D eigenvalue weighted by Crippen LogP contribution is 2.48. The van der Waals surface area contributed by atoms with Crippen LogP contribution < -0.4 is 0 Å². The predicted octanol–water partition coefficient (Wildman–Crippen LogP) is 3.62. The van der Waals surface area contributed by atoms with E-state index in [9.17, 15) is 0 Å². The van der Waals surface area contributed by atoms with Crippen LogP contribution in [0, 0.1) is 0 Å². The molecule has 0 bridgehead atoms. The molecule has 0 saturated heterocycles. The molecule has 0 nitrogen and oxygen atoms in total. The third kappa shape index (κ3) is 2.54. The predicted molar refractivity (Wildman–Crippen MR) is 60.0 cm³/mol. The average molecular weight is 271 g/mol. The Labute approximate surface area is 101 Å². The Balaban J connectivity index is 3.08. The summed E-state index contributed by atoms with van der Waals surface area (Å²) < 4.78 is -2.80. The summed E-state index contributed by atoms with van der Waals surface area (Å²) in [7, 11) is 3.06. The topological polar surface area (TPSA) is 0 Å². The van der Waals surface area contributed by atoms with E-state index in [2.05, 4.69) is 10.2 Å². The smallest absolute Gasteiger partial charge is 0.103 e. The fraction of sp³-hybridized carbons (Fsp3) is 0.250. The summed E-state index contributed by atoms with van der Waals surface area (Å²) in [6.07, 6.45) is 0. The van der Waals surface area contributed by atoms with Crippen LogP contribution in [0.2, 0.25) is 0 Å². The summed E-state index contributed by atoms with van der Waals surface area (Å²) >= 11 is 23.5. The molecule has 1 rings (SSSR count). The van der Waals surface area contributed by atoms with Crippen molar-refractivity contribution in [3.63, 3.8) is 0 Å². The summed E-state index contributed by atoms with van der Waals surface area (Å²) in [6, 6.07) is 8.96. The normalized spacial score (nSPS) is 13.0. The maximum atomic E-state index is 5.99. The average Bonchev–Trinajstić information content (AvgIpc) is 2.04. The van der Waals surface area contributed by atoms with Crippen LogP contribution in [-0.2, 0) is 4.33 Å². The van der Waals surface area contributed by atoms with Gasteiger partial charge in [0.15, 0.2) is 4.33 Å². The van der Waals surface area contributed by atoms with Gasteiger partial charge in [-0.25, -0.2) is 0 Å². The summed E-state index contributed by atoms with van der Waals surface area (Å²) in [4.78, 5) is 0. The van der Waals surface area contributed by atoms with Crippen molar-refractivity contribution >= 4 is 56.6 Å². The molecule has 0 spiro atoms. The molecule has 0 aliphatic heterocycles. The van der Waals surface area contributed by atoms with E-state index in [-0.39, 0.29) is 0 Å². The zero-order valence-corrected chi connectivity index (χ0v) is 10.4. The molecule has 0 N–H and O–H groups in total. The molecule has 0 heterocycles. The third-order valence-corrected chi connectivity index (χ3v) is 4.18. The minimum Gasteiger partial charge on any atom is -0.103 e. The van der Waals surface area contributed by atoms with Gasteiger partial charge in [0.2, 0.25) is 0 Å². The van der Waals surface area contributed by atoms with Gasteiger partial charge < -0.3 is 0 Å². The van der Waals surface area contributed by atoms with E-state index in [1.807, 2.05) is 6.07 Å². The van der Waals surface area contributed by atoms with Gasteiger partial charge in [-0.2, -0.15) is 0 Å². The van der Waals surface area contributed by atoms with Crippen LogP contribution in [0.3, 0.4) is 0 Å². The van der Waals surface area contributed by atoms with E-state index in [0.29, 0.717) is 5.56 Å². The first-order valence-electron chi connectivity index (χ1n) is 3.42. The van der Waals surface area contributed by atoms with Crippen LogP contribution in [0.15, 0.2) is 30.3 Å². The maximum absolute atomic E-state index is 5.99. The standard InChI is InChI=1S/C8H5Cl4Si/c9-7(10,8(11,12)13)6-4-2-1-3-5-6/h1-5H. The second-order valence-electron chi connectivity index (χ2n) is 2.51. The van der Waals surface area contributed by atoms with E-state index in [4.69, 9.17) is 46.4 Å². The van der Waals surface area contributed by atoms with Crippen LogP contribution in [0.1, 0.15) is 5.56 Å². The second kappa shape index (κ2) is 3.99. The number of halogens is 4. The number of rotatable bonds is 2. The van der Waals surface area contributed by atoms with Crippen molar-refractivity contribution in [3.8, 4) is 0 Å². The fourth-order valence-electron chi connectivity index (χ4n) is 0.829. The highest BCUT2D eigenvalue weighted by molar-refractivity contribution is 6.73. The van der Waals surface area contributed by atoms with Gasteiger partial charge in [0.25, 0.3) is 0 Å². The Morgan fingerprint density at radius 3 is 1.77 bits per heavy atom. The molecule has 69 valence electrons. The molecule has 13 heavy (non-hydrogen) atoms. The lowest BCUT2D eigenvalue weighted by molar-refractivity contribution is 0.877. The summed E-state index contributed by atoms with van der Waals surface area (Å²) in [5.41, 5.74) is 0.637. The monoisotopic (exact) mass is 269 g/mol. The molecule has 1 aromatic carbocycles. The van der Waals surface area contributed by atoms with Gasteiger partial charge in [-0.15, -0.1) is 23.2 Å². The molecule has 0 aliphatic carbocycles. The zero-order chi connectivity index (χ0) is 10.1. The molecule has 0 amide bonds.